The Bertz CT molecular complexity index is 1240. The van der Waals surface area contributed by atoms with Crippen LogP contribution in [0.1, 0.15) is 29.2 Å². The molecule has 0 spiro atoms. The third-order valence-electron chi connectivity index (χ3n) is 5.70. The van der Waals surface area contributed by atoms with Crippen LogP contribution in [0.3, 0.4) is 0 Å². The summed E-state index contributed by atoms with van der Waals surface area (Å²) in [6.45, 7) is 0. The Morgan fingerprint density at radius 3 is 2.18 bits per heavy atom. The second kappa shape index (κ2) is 9.64. The number of hydrogen-bond acceptors (Lipinski definition) is 5. The molecule has 0 fully saturated rings. The zero-order chi connectivity index (χ0) is 23.4. The first kappa shape index (κ1) is 22.8. The van der Waals surface area contributed by atoms with Gasteiger partial charge in [0.05, 0.1) is 25.2 Å². The highest BCUT2D eigenvalue weighted by atomic mass is 32.2. The van der Waals surface area contributed by atoms with Crippen LogP contribution < -0.4 is 19.5 Å². The van der Waals surface area contributed by atoms with Crippen molar-refractivity contribution in [1.29, 1.82) is 0 Å². The Labute approximate surface area is 193 Å². The van der Waals surface area contributed by atoms with Crippen LogP contribution in [-0.2, 0) is 27.7 Å². The van der Waals surface area contributed by atoms with Gasteiger partial charge < -0.3 is 14.8 Å². The molecule has 33 heavy (non-hydrogen) atoms. The van der Waals surface area contributed by atoms with E-state index >= 15 is 0 Å². The van der Waals surface area contributed by atoms with Crippen molar-refractivity contribution in [3.8, 4) is 11.5 Å². The normalized spacial score (nSPS) is 14.2. The molecule has 2 N–H and O–H groups in total. The fraction of sp³-hybridized carbons (Fsp3) is 0.240. The number of sulfonamides is 1. The minimum Gasteiger partial charge on any atom is -0.497 e. The minimum absolute atomic E-state index is 0.0599. The fourth-order valence-electron chi connectivity index (χ4n) is 3.84. The van der Waals surface area contributed by atoms with Gasteiger partial charge >= 0.3 is 0 Å². The van der Waals surface area contributed by atoms with E-state index in [2.05, 4.69) is 10.0 Å². The number of ether oxygens (including phenoxy) is 2. The summed E-state index contributed by atoms with van der Waals surface area (Å²) in [6, 6.07) is 19.2. The van der Waals surface area contributed by atoms with E-state index in [-0.39, 0.29) is 10.8 Å². The summed E-state index contributed by atoms with van der Waals surface area (Å²) in [5.74, 6) is 1.37. The van der Waals surface area contributed by atoms with Crippen molar-refractivity contribution in [2.24, 2.45) is 0 Å². The van der Waals surface area contributed by atoms with E-state index in [1.165, 1.54) is 6.07 Å². The average molecular weight is 467 g/mol. The lowest BCUT2D eigenvalue weighted by Crippen LogP contribution is -2.30. The van der Waals surface area contributed by atoms with Crippen LogP contribution >= 0.6 is 0 Å². The van der Waals surface area contributed by atoms with Crippen molar-refractivity contribution in [2.75, 3.05) is 19.5 Å². The van der Waals surface area contributed by atoms with E-state index < -0.39 is 16.1 Å². The highest BCUT2D eigenvalue weighted by Crippen LogP contribution is 2.28. The van der Waals surface area contributed by atoms with Crippen LogP contribution in [0, 0.1) is 0 Å². The van der Waals surface area contributed by atoms with Gasteiger partial charge in [-0.15, -0.1) is 0 Å². The lowest BCUT2D eigenvalue weighted by molar-refractivity contribution is -0.116. The molecule has 1 aliphatic heterocycles. The van der Waals surface area contributed by atoms with Crippen molar-refractivity contribution in [1.82, 2.24) is 4.72 Å². The molecule has 4 rings (SSSR count). The fourth-order valence-corrected chi connectivity index (χ4v) is 5.12. The van der Waals surface area contributed by atoms with Crippen molar-refractivity contribution in [3.05, 3.63) is 83.4 Å². The Hall–Kier alpha value is -3.36. The monoisotopic (exact) mass is 466 g/mol. The number of carbonyl (C=O) groups excluding carboxylic acids is 1. The van der Waals surface area contributed by atoms with Gasteiger partial charge in [0.2, 0.25) is 15.9 Å². The minimum atomic E-state index is -3.82. The van der Waals surface area contributed by atoms with Gasteiger partial charge in [-0.1, -0.05) is 24.3 Å². The molecule has 0 aromatic heterocycles. The standard InChI is InChI=1S/C25H26N2O5S/c1-31-20-8-3-17(4-9-20)15-24(18-5-10-21(32-2)11-6-18)27-33(29,30)22-12-13-23-19(16-22)7-14-25(28)26-23/h3-6,8-13,16,24,27H,7,14-15H2,1-2H3,(H,26,28). The molecule has 3 aromatic carbocycles. The average Bonchev–Trinajstić information content (AvgIpc) is 2.83. The molecule has 0 bridgehead atoms. The van der Waals surface area contributed by atoms with Crippen molar-refractivity contribution in [2.45, 2.75) is 30.2 Å². The van der Waals surface area contributed by atoms with Gasteiger partial charge in [-0.05, 0) is 72.0 Å². The molecule has 3 aromatic rings. The van der Waals surface area contributed by atoms with Gasteiger partial charge in [-0.3, -0.25) is 4.79 Å². The van der Waals surface area contributed by atoms with Gasteiger partial charge in [0.15, 0.2) is 0 Å². The smallest absolute Gasteiger partial charge is 0.241 e. The molecule has 0 radical (unpaired) electrons. The Morgan fingerprint density at radius 2 is 1.55 bits per heavy atom. The first-order valence-electron chi connectivity index (χ1n) is 10.6. The number of nitrogens with one attached hydrogen (secondary N) is 2. The zero-order valence-corrected chi connectivity index (χ0v) is 19.3. The molecule has 7 nitrogen and oxygen atoms in total. The molecule has 1 aliphatic rings. The van der Waals surface area contributed by atoms with Gasteiger partial charge in [0.25, 0.3) is 0 Å². The maximum atomic E-state index is 13.3. The van der Waals surface area contributed by atoms with E-state index in [0.29, 0.717) is 30.7 Å². The molecule has 172 valence electrons. The highest BCUT2D eigenvalue weighted by molar-refractivity contribution is 7.89. The van der Waals surface area contributed by atoms with Crippen LogP contribution in [0.15, 0.2) is 71.6 Å². The number of rotatable bonds is 8. The molecule has 1 heterocycles. The van der Waals surface area contributed by atoms with E-state index in [4.69, 9.17) is 9.47 Å². The molecule has 0 aliphatic carbocycles. The van der Waals surface area contributed by atoms with Crippen molar-refractivity contribution >= 4 is 21.6 Å². The third kappa shape index (κ3) is 5.35. The summed E-state index contributed by atoms with van der Waals surface area (Å²) in [5.41, 5.74) is 3.26. The Kier molecular flexibility index (Phi) is 6.67. The van der Waals surface area contributed by atoms with E-state index in [9.17, 15) is 13.2 Å². The number of benzene rings is 3. The largest absolute Gasteiger partial charge is 0.497 e. The number of methoxy groups -OCH3 is 2. The third-order valence-corrected chi connectivity index (χ3v) is 7.17. The SMILES string of the molecule is COc1ccc(CC(NS(=O)(=O)c2ccc3c(c2)CCC(=O)N3)c2ccc(OC)cc2)cc1. The number of hydrogen-bond donors (Lipinski definition) is 2. The summed E-state index contributed by atoms with van der Waals surface area (Å²) in [5, 5.41) is 2.78. The van der Waals surface area contributed by atoms with E-state index in [0.717, 1.165) is 22.4 Å². The predicted octanol–water partition coefficient (Wildman–Crippen LogP) is 3.85. The Morgan fingerprint density at radius 1 is 0.909 bits per heavy atom. The maximum absolute atomic E-state index is 13.3. The topological polar surface area (TPSA) is 93.7 Å². The second-order valence-electron chi connectivity index (χ2n) is 7.87. The first-order chi connectivity index (χ1) is 15.9. The molecule has 8 heteroatoms. The van der Waals surface area contributed by atoms with Gasteiger partial charge in [-0.25, -0.2) is 13.1 Å². The van der Waals surface area contributed by atoms with Crippen molar-refractivity contribution in [3.63, 3.8) is 0 Å². The van der Waals surface area contributed by atoms with Crippen LogP contribution in [0.4, 0.5) is 5.69 Å². The number of anilines is 1. The van der Waals surface area contributed by atoms with Crippen LogP contribution in [0.25, 0.3) is 0 Å². The number of aryl methyl sites for hydroxylation is 1. The summed E-state index contributed by atoms with van der Waals surface area (Å²) < 4.78 is 40.0. The van der Waals surface area contributed by atoms with Gasteiger partial charge in [-0.2, -0.15) is 0 Å². The van der Waals surface area contributed by atoms with Crippen LogP contribution in [0.5, 0.6) is 11.5 Å². The summed E-state index contributed by atoms with van der Waals surface area (Å²) >= 11 is 0. The summed E-state index contributed by atoms with van der Waals surface area (Å²) in [4.78, 5) is 11.8. The van der Waals surface area contributed by atoms with Gasteiger partial charge in [0, 0.05) is 12.1 Å². The molecular formula is C25H26N2O5S. The molecule has 0 saturated heterocycles. The van der Waals surface area contributed by atoms with Crippen LogP contribution in [0.2, 0.25) is 0 Å². The first-order valence-corrected chi connectivity index (χ1v) is 12.1. The second-order valence-corrected chi connectivity index (χ2v) is 9.58. The van der Waals surface area contributed by atoms with Gasteiger partial charge in [0.1, 0.15) is 11.5 Å². The molecule has 1 unspecified atom stereocenters. The van der Waals surface area contributed by atoms with Crippen molar-refractivity contribution < 1.29 is 22.7 Å². The quantitative estimate of drug-likeness (QED) is 0.526. The molecule has 1 amide bonds. The zero-order valence-electron chi connectivity index (χ0n) is 18.5. The lowest BCUT2D eigenvalue weighted by Gasteiger charge is -2.21. The number of amides is 1. The van der Waals surface area contributed by atoms with Crippen LogP contribution in [-0.4, -0.2) is 28.5 Å². The Balaban J connectivity index is 1.63. The summed E-state index contributed by atoms with van der Waals surface area (Å²) in [6.07, 6.45) is 1.31. The number of fused-ring (bicyclic) bond motifs is 1. The molecule has 1 atom stereocenters. The molecule has 0 saturated carbocycles. The van der Waals surface area contributed by atoms with E-state index in [1.807, 2.05) is 48.5 Å². The molecular weight excluding hydrogens is 440 g/mol. The number of carbonyl (C=O) groups is 1. The summed E-state index contributed by atoms with van der Waals surface area (Å²) in [7, 11) is -0.629. The highest BCUT2D eigenvalue weighted by Gasteiger charge is 2.24. The van der Waals surface area contributed by atoms with E-state index in [1.54, 1.807) is 26.4 Å². The maximum Gasteiger partial charge on any atom is 0.241 e. The lowest BCUT2D eigenvalue weighted by atomic mass is 9.99. The predicted molar refractivity (Wildman–Crippen MR) is 126 cm³/mol.